The summed E-state index contributed by atoms with van der Waals surface area (Å²) in [6, 6.07) is 17.0. The molecule has 0 aliphatic carbocycles. The second-order valence-electron chi connectivity index (χ2n) is 10.4. The van der Waals surface area contributed by atoms with Gasteiger partial charge in [0.25, 0.3) is 0 Å². The lowest BCUT2D eigenvalue weighted by Gasteiger charge is -2.18. The molecule has 1 aromatic heterocycles. The summed E-state index contributed by atoms with van der Waals surface area (Å²) in [5.41, 5.74) is 6.55. The molecule has 0 aliphatic heterocycles. The summed E-state index contributed by atoms with van der Waals surface area (Å²) in [6.07, 6.45) is 0.898. The summed E-state index contributed by atoms with van der Waals surface area (Å²) in [5, 5.41) is 11.1. The summed E-state index contributed by atoms with van der Waals surface area (Å²) in [4.78, 5) is 26.9. The maximum absolute atomic E-state index is 12.5. The Balaban J connectivity index is 1.73. The number of rotatable bonds is 12. The topological polar surface area (TPSA) is 104 Å². The summed E-state index contributed by atoms with van der Waals surface area (Å²) >= 11 is 0. The van der Waals surface area contributed by atoms with Gasteiger partial charge in [-0.2, -0.15) is 0 Å². The van der Waals surface area contributed by atoms with Crippen molar-refractivity contribution in [2.75, 3.05) is 19.8 Å². The number of phenolic OH excluding ortho intramolecular Hbond substituents is 1. The summed E-state index contributed by atoms with van der Waals surface area (Å²) in [6.45, 7) is 12.7. The lowest BCUT2D eigenvalue weighted by Crippen LogP contribution is -2.34. The Morgan fingerprint density at radius 3 is 1.83 bits per heavy atom. The first kappa shape index (κ1) is 30.7. The molecule has 0 spiro atoms. The first-order chi connectivity index (χ1) is 20.2. The molecule has 1 N–H and O–H groups in total. The molecule has 1 heterocycles. The van der Waals surface area contributed by atoms with Crippen molar-refractivity contribution in [3.8, 4) is 45.7 Å². The Bertz CT molecular complexity index is 1480. The van der Waals surface area contributed by atoms with Crippen molar-refractivity contribution in [1.29, 1.82) is 0 Å². The minimum Gasteiger partial charge on any atom is -0.507 e. The quantitative estimate of drug-likeness (QED) is 0.145. The molecule has 8 heteroatoms. The fourth-order valence-corrected chi connectivity index (χ4v) is 4.63. The van der Waals surface area contributed by atoms with E-state index in [0.717, 1.165) is 46.2 Å². The molecule has 0 aliphatic rings. The molecule has 3 aromatic carbocycles. The van der Waals surface area contributed by atoms with Gasteiger partial charge in [-0.15, -0.1) is 0 Å². The number of aryl methyl sites for hydroxylation is 4. The molecule has 0 amide bonds. The summed E-state index contributed by atoms with van der Waals surface area (Å²) in [7, 11) is 0. The maximum Gasteiger partial charge on any atom is 0.349 e. The molecule has 4 aromatic rings. The van der Waals surface area contributed by atoms with Crippen LogP contribution in [0.5, 0.6) is 11.5 Å². The van der Waals surface area contributed by atoms with E-state index in [0.29, 0.717) is 35.4 Å². The lowest BCUT2D eigenvalue weighted by molar-refractivity contribution is -0.154. The van der Waals surface area contributed by atoms with Gasteiger partial charge in [0.15, 0.2) is 17.5 Å². The molecule has 8 nitrogen and oxygen atoms in total. The average molecular weight is 570 g/mol. The smallest absolute Gasteiger partial charge is 0.349 e. The van der Waals surface area contributed by atoms with Gasteiger partial charge < -0.3 is 19.3 Å². The van der Waals surface area contributed by atoms with Gasteiger partial charge in [-0.3, -0.25) is 0 Å². The highest BCUT2D eigenvalue weighted by Crippen LogP contribution is 2.34. The monoisotopic (exact) mass is 569 g/mol. The van der Waals surface area contributed by atoms with E-state index in [4.69, 9.17) is 29.2 Å². The highest BCUT2D eigenvalue weighted by atomic mass is 16.6. The maximum atomic E-state index is 12.5. The molecular weight excluding hydrogens is 530 g/mol. The molecule has 0 bridgehead atoms. The van der Waals surface area contributed by atoms with Crippen LogP contribution in [0.25, 0.3) is 34.2 Å². The zero-order chi connectivity index (χ0) is 30.2. The number of nitrogens with zero attached hydrogens (tertiary/aromatic N) is 3. The summed E-state index contributed by atoms with van der Waals surface area (Å²) in [5.74, 6) is 1.03. The fraction of sp³-hybridized carbons (Fsp3) is 0.353. The molecule has 1 atom stereocenters. The number of hydrogen-bond donors (Lipinski definition) is 1. The fourth-order valence-electron chi connectivity index (χ4n) is 4.63. The van der Waals surface area contributed by atoms with Crippen LogP contribution in [-0.4, -0.2) is 52.0 Å². The van der Waals surface area contributed by atoms with Gasteiger partial charge >= 0.3 is 5.97 Å². The Hall–Kier alpha value is -4.30. The Morgan fingerprint density at radius 2 is 1.33 bits per heavy atom. The van der Waals surface area contributed by atoms with Crippen molar-refractivity contribution >= 4 is 5.97 Å². The zero-order valence-corrected chi connectivity index (χ0v) is 25.2. The van der Waals surface area contributed by atoms with E-state index < -0.39 is 12.1 Å². The van der Waals surface area contributed by atoms with Crippen molar-refractivity contribution in [3.05, 3.63) is 76.9 Å². The van der Waals surface area contributed by atoms with Gasteiger partial charge in [-0.25, -0.2) is 19.7 Å². The normalized spacial score (nSPS) is 11.8. The zero-order valence-electron chi connectivity index (χ0n) is 25.2. The van der Waals surface area contributed by atoms with E-state index in [1.165, 1.54) is 6.07 Å². The van der Waals surface area contributed by atoms with Gasteiger partial charge in [0, 0.05) is 23.8 Å². The minimum absolute atomic E-state index is 0.0489. The standard InChI is InChI=1S/C34H39N3O5/c1-7-9-16-40-20-30(34(39)41-8-2)42-25-12-15-28(29(38)19-25)33-36-31(26-13-10-21(3)17-23(26)5)35-32(37-33)27-14-11-22(4)18-24(27)6/h10-15,17-19,30,38H,7-9,16,20H2,1-6H3. The van der Waals surface area contributed by atoms with Crippen molar-refractivity contribution in [3.63, 3.8) is 0 Å². The van der Waals surface area contributed by atoms with E-state index in [1.807, 2.05) is 52.0 Å². The van der Waals surface area contributed by atoms with E-state index >= 15 is 0 Å². The van der Waals surface area contributed by atoms with Crippen LogP contribution in [0.1, 0.15) is 48.9 Å². The predicted octanol–water partition coefficient (Wildman–Crippen LogP) is 6.94. The van der Waals surface area contributed by atoms with Crippen LogP contribution < -0.4 is 4.74 Å². The van der Waals surface area contributed by atoms with E-state index in [1.54, 1.807) is 19.1 Å². The lowest BCUT2D eigenvalue weighted by atomic mass is 10.0. The molecule has 220 valence electrons. The third-order valence-corrected chi connectivity index (χ3v) is 6.83. The number of benzene rings is 3. The first-order valence-corrected chi connectivity index (χ1v) is 14.4. The Morgan fingerprint density at radius 1 is 0.786 bits per heavy atom. The van der Waals surface area contributed by atoms with Crippen LogP contribution in [0.3, 0.4) is 0 Å². The number of phenols is 1. The van der Waals surface area contributed by atoms with Crippen LogP contribution in [0.2, 0.25) is 0 Å². The highest BCUT2D eigenvalue weighted by Gasteiger charge is 2.23. The second-order valence-corrected chi connectivity index (χ2v) is 10.4. The van der Waals surface area contributed by atoms with Crippen LogP contribution in [0.15, 0.2) is 54.6 Å². The number of aromatic hydroxyl groups is 1. The van der Waals surface area contributed by atoms with Gasteiger partial charge in [-0.1, -0.05) is 60.9 Å². The van der Waals surface area contributed by atoms with Gasteiger partial charge in [0.2, 0.25) is 6.10 Å². The average Bonchev–Trinajstić information content (AvgIpc) is 2.94. The number of esters is 1. The third kappa shape index (κ3) is 7.50. The van der Waals surface area contributed by atoms with Crippen molar-refractivity contribution in [1.82, 2.24) is 15.0 Å². The molecule has 4 rings (SSSR count). The number of carbonyl (C=O) groups excluding carboxylic acids is 1. The van der Waals surface area contributed by atoms with Crippen LogP contribution in [0, 0.1) is 27.7 Å². The number of ether oxygens (including phenoxy) is 3. The second kappa shape index (κ2) is 14.0. The molecule has 0 saturated carbocycles. The molecule has 0 fully saturated rings. The Labute approximate surface area is 247 Å². The van der Waals surface area contributed by atoms with E-state index in [-0.39, 0.29) is 19.0 Å². The minimum atomic E-state index is -0.962. The van der Waals surface area contributed by atoms with Crippen molar-refractivity contribution in [2.45, 2.75) is 60.5 Å². The van der Waals surface area contributed by atoms with Gasteiger partial charge in [0.1, 0.15) is 11.5 Å². The highest BCUT2D eigenvalue weighted by molar-refractivity contribution is 5.76. The third-order valence-electron chi connectivity index (χ3n) is 6.83. The molecule has 42 heavy (non-hydrogen) atoms. The number of hydrogen-bond acceptors (Lipinski definition) is 8. The van der Waals surface area contributed by atoms with Gasteiger partial charge in [0.05, 0.1) is 18.8 Å². The molecule has 0 radical (unpaired) electrons. The molecule has 1 unspecified atom stereocenters. The van der Waals surface area contributed by atoms with Crippen LogP contribution in [0.4, 0.5) is 0 Å². The number of carbonyl (C=O) groups is 1. The SMILES string of the molecule is CCCCOCC(Oc1ccc(-c2nc(-c3ccc(C)cc3C)nc(-c3ccc(C)cc3C)n2)c(O)c1)C(=O)OCC. The predicted molar refractivity (Wildman–Crippen MR) is 164 cm³/mol. The van der Waals surface area contributed by atoms with Gasteiger partial charge in [-0.05, 0) is 64.3 Å². The Kier molecular flexibility index (Phi) is 10.3. The molecular formula is C34H39N3O5. The first-order valence-electron chi connectivity index (χ1n) is 14.4. The van der Waals surface area contributed by atoms with Crippen LogP contribution >= 0.6 is 0 Å². The van der Waals surface area contributed by atoms with Crippen molar-refractivity contribution < 1.29 is 24.1 Å². The van der Waals surface area contributed by atoms with Crippen molar-refractivity contribution in [2.24, 2.45) is 0 Å². The van der Waals surface area contributed by atoms with E-state index in [9.17, 15) is 9.90 Å². The largest absolute Gasteiger partial charge is 0.507 e. The number of aromatic nitrogens is 3. The van der Waals surface area contributed by atoms with Crippen LogP contribution in [-0.2, 0) is 14.3 Å². The number of unbranched alkanes of at least 4 members (excludes halogenated alkanes) is 1. The van der Waals surface area contributed by atoms with E-state index in [2.05, 4.69) is 19.1 Å². The summed E-state index contributed by atoms with van der Waals surface area (Å²) < 4.78 is 16.7. The molecule has 0 saturated heterocycles.